The van der Waals surface area contributed by atoms with E-state index in [4.69, 9.17) is 15.4 Å². The number of nitrogens with zero attached hydrogens (tertiary/aromatic N) is 3. The summed E-state index contributed by atoms with van der Waals surface area (Å²) in [5.41, 5.74) is 7.77. The van der Waals surface area contributed by atoms with Crippen molar-refractivity contribution in [1.29, 1.82) is 0 Å². The van der Waals surface area contributed by atoms with Crippen LogP contribution in [0.15, 0.2) is 16.8 Å². The molecule has 7 heteroatoms. The van der Waals surface area contributed by atoms with Gasteiger partial charge in [-0.2, -0.15) is 4.98 Å². The fraction of sp³-hybridized carbons (Fsp3) is 0.467. The van der Waals surface area contributed by atoms with E-state index in [2.05, 4.69) is 15.1 Å². The van der Waals surface area contributed by atoms with Gasteiger partial charge < -0.3 is 15.4 Å². The number of nitrogen functional groups attached to an aromatic ring is 1. The summed E-state index contributed by atoms with van der Waals surface area (Å²) in [5, 5.41) is 12.9. The number of carboxylic acids is 1. The van der Waals surface area contributed by atoms with Crippen LogP contribution in [-0.4, -0.2) is 26.2 Å². The van der Waals surface area contributed by atoms with Crippen LogP contribution in [0.2, 0.25) is 0 Å². The molecule has 7 nitrogen and oxygen atoms in total. The minimum absolute atomic E-state index is 0.316. The monoisotopic (exact) mass is 304 g/mol. The largest absolute Gasteiger partial charge is 0.481 e. The molecule has 0 spiro atoms. The predicted molar refractivity (Wildman–Crippen MR) is 81.0 cm³/mol. The Morgan fingerprint density at radius 3 is 2.91 bits per heavy atom. The van der Waals surface area contributed by atoms with Gasteiger partial charge in [-0.15, -0.1) is 0 Å². The van der Waals surface area contributed by atoms with Gasteiger partial charge in [0.2, 0.25) is 11.7 Å². The lowest BCUT2D eigenvalue weighted by atomic mass is 9.99. The maximum absolute atomic E-state index is 11.0. The van der Waals surface area contributed by atoms with Gasteiger partial charge in [0.1, 0.15) is 5.69 Å². The molecular weight excluding hydrogens is 284 g/mol. The Balaban J connectivity index is 1.98. The lowest BCUT2D eigenvalue weighted by Crippen LogP contribution is -2.12. The Hall–Kier alpha value is -2.44. The molecule has 1 unspecified atom stereocenters. The molecule has 2 heterocycles. The topological polar surface area (TPSA) is 115 Å². The van der Waals surface area contributed by atoms with Crippen LogP contribution < -0.4 is 5.73 Å². The molecule has 0 fully saturated rings. The van der Waals surface area contributed by atoms with Crippen LogP contribution in [0.4, 0.5) is 5.69 Å². The van der Waals surface area contributed by atoms with Gasteiger partial charge in [0.15, 0.2) is 0 Å². The quantitative estimate of drug-likeness (QED) is 0.807. The fourth-order valence-corrected chi connectivity index (χ4v) is 2.29. The number of rotatable bonds is 7. The van der Waals surface area contributed by atoms with Crippen molar-refractivity contribution < 1.29 is 14.4 Å². The normalized spacial score (nSPS) is 12.3. The lowest BCUT2D eigenvalue weighted by Gasteiger charge is -2.07. The number of pyridine rings is 1. The van der Waals surface area contributed by atoms with Crippen LogP contribution in [0.3, 0.4) is 0 Å². The highest BCUT2D eigenvalue weighted by atomic mass is 16.5. The van der Waals surface area contributed by atoms with Crippen LogP contribution >= 0.6 is 0 Å². The van der Waals surface area contributed by atoms with E-state index >= 15 is 0 Å². The molecule has 22 heavy (non-hydrogen) atoms. The number of carboxylic acid groups (broad SMARTS) is 1. The number of anilines is 1. The average Bonchev–Trinajstić information content (AvgIpc) is 2.91. The molecule has 2 aromatic heterocycles. The Morgan fingerprint density at radius 1 is 1.50 bits per heavy atom. The molecule has 0 amide bonds. The highest BCUT2D eigenvalue weighted by molar-refractivity contribution is 5.69. The zero-order valence-electron chi connectivity index (χ0n) is 12.7. The summed E-state index contributed by atoms with van der Waals surface area (Å²) in [4.78, 5) is 19.5. The van der Waals surface area contributed by atoms with Crippen molar-refractivity contribution in [3.8, 4) is 11.5 Å². The minimum Gasteiger partial charge on any atom is -0.481 e. The van der Waals surface area contributed by atoms with E-state index in [0.717, 1.165) is 5.56 Å². The number of hydrogen-bond acceptors (Lipinski definition) is 6. The molecule has 0 saturated heterocycles. The number of hydrogen-bond donors (Lipinski definition) is 2. The average molecular weight is 304 g/mol. The second-order valence-electron chi connectivity index (χ2n) is 5.28. The summed E-state index contributed by atoms with van der Waals surface area (Å²) < 4.78 is 5.20. The van der Waals surface area contributed by atoms with Crippen LogP contribution in [0.25, 0.3) is 11.5 Å². The standard InChI is InChI=1S/C15H20N4O3/c1-3-10(15(20)21)5-4-6-12-18-14(19-22-12)13-9(2)7-11(16)8-17-13/h7-8,10H,3-6,16H2,1-2H3,(H,20,21). The number of aliphatic carboxylic acids is 1. The maximum atomic E-state index is 11.0. The molecule has 0 radical (unpaired) electrons. The smallest absolute Gasteiger partial charge is 0.306 e. The van der Waals surface area contributed by atoms with Crippen LogP contribution in [-0.2, 0) is 11.2 Å². The van der Waals surface area contributed by atoms with Gasteiger partial charge in [-0.25, -0.2) is 0 Å². The summed E-state index contributed by atoms with van der Waals surface area (Å²) >= 11 is 0. The van der Waals surface area contributed by atoms with Gasteiger partial charge in [-0.3, -0.25) is 9.78 Å². The van der Waals surface area contributed by atoms with Crippen molar-refractivity contribution >= 4 is 11.7 Å². The molecule has 0 aliphatic heterocycles. The predicted octanol–water partition coefficient (Wildman–Crippen LogP) is 2.46. The van der Waals surface area contributed by atoms with E-state index in [9.17, 15) is 4.79 Å². The van der Waals surface area contributed by atoms with E-state index in [1.54, 1.807) is 12.3 Å². The van der Waals surface area contributed by atoms with Gasteiger partial charge in [0.05, 0.1) is 17.8 Å². The Bertz CT molecular complexity index is 654. The van der Waals surface area contributed by atoms with E-state index in [1.165, 1.54) is 0 Å². The number of aromatic nitrogens is 3. The second kappa shape index (κ2) is 7.02. The molecule has 0 aliphatic carbocycles. The molecule has 0 saturated carbocycles. The first-order valence-corrected chi connectivity index (χ1v) is 7.29. The molecule has 0 aromatic carbocycles. The summed E-state index contributed by atoms with van der Waals surface area (Å²) in [7, 11) is 0. The van der Waals surface area contributed by atoms with Crippen molar-refractivity contribution in [3.63, 3.8) is 0 Å². The number of carbonyl (C=O) groups is 1. The van der Waals surface area contributed by atoms with Crippen molar-refractivity contribution in [2.45, 2.75) is 39.5 Å². The Kier molecular flexibility index (Phi) is 5.08. The first-order chi connectivity index (χ1) is 10.5. The molecule has 2 rings (SSSR count). The van der Waals surface area contributed by atoms with Gasteiger partial charge in [0, 0.05) is 6.42 Å². The minimum atomic E-state index is -0.754. The third-order valence-corrected chi connectivity index (χ3v) is 3.56. The van der Waals surface area contributed by atoms with Crippen molar-refractivity contribution in [3.05, 3.63) is 23.7 Å². The first kappa shape index (κ1) is 15.9. The summed E-state index contributed by atoms with van der Waals surface area (Å²) in [6.45, 7) is 3.76. The van der Waals surface area contributed by atoms with Crippen molar-refractivity contribution in [2.75, 3.05) is 5.73 Å². The van der Waals surface area contributed by atoms with E-state index in [1.807, 2.05) is 13.8 Å². The molecule has 0 bridgehead atoms. The zero-order chi connectivity index (χ0) is 16.1. The van der Waals surface area contributed by atoms with E-state index < -0.39 is 5.97 Å². The molecular formula is C15H20N4O3. The Labute approximate surface area is 128 Å². The molecule has 2 aromatic rings. The van der Waals surface area contributed by atoms with Crippen molar-refractivity contribution in [2.24, 2.45) is 5.92 Å². The molecule has 1 atom stereocenters. The van der Waals surface area contributed by atoms with Gasteiger partial charge in [0.25, 0.3) is 0 Å². The van der Waals surface area contributed by atoms with Gasteiger partial charge >= 0.3 is 5.97 Å². The highest BCUT2D eigenvalue weighted by Gasteiger charge is 2.16. The van der Waals surface area contributed by atoms with E-state index in [0.29, 0.717) is 48.8 Å². The molecule has 118 valence electrons. The SMILES string of the molecule is CCC(CCCc1nc(-c2ncc(N)cc2C)no1)C(=O)O. The van der Waals surface area contributed by atoms with Gasteiger partial charge in [-0.1, -0.05) is 12.1 Å². The fourth-order valence-electron chi connectivity index (χ4n) is 2.29. The summed E-state index contributed by atoms with van der Waals surface area (Å²) in [6, 6.07) is 1.80. The number of aryl methyl sites for hydroxylation is 2. The third-order valence-electron chi connectivity index (χ3n) is 3.56. The number of nitrogens with two attached hydrogens (primary N) is 1. The Morgan fingerprint density at radius 2 is 2.27 bits per heavy atom. The van der Waals surface area contributed by atoms with Gasteiger partial charge in [-0.05, 0) is 37.8 Å². The summed E-state index contributed by atoms with van der Waals surface area (Å²) in [5.74, 6) is -0.148. The molecule has 3 N–H and O–H groups in total. The maximum Gasteiger partial charge on any atom is 0.306 e. The first-order valence-electron chi connectivity index (χ1n) is 7.29. The van der Waals surface area contributed by atoms with Crippen molar-refractivity contribution in [1.82, 2.24) is 15.1 Å². The third kappa shape index (κ3) is 3.81. The molecule has 0 aliphatic rings. The van der Waals surface area contributed by atoms with E-state index in [-0.39, 0.29) is 5.92 Å². The van der Waals surface area contributed by atoms with Crippen LogP contribution in [0.1, 0.15) is 37.6 Å². The van der Waals surface area contributed by atoms with Crippen LogP contribution in [0, 0.1) is 12.8 Å². The lowest BCUT2D eigenvalue weighted by molar-refractivity contribution is -0.142. The summed E-state index contributed by atoms with van der Waals surface area (Å²) in [6.07, 6.45) is 4.03. The highest BCUT2D eigenvalue weighted by Crippen LogP contribution is 2.20. The van der Waals surface area contributed by atoms with Crippen LogP contribution in [0.5, 0.6) is 0 Å². The second-order valence-corrected chi connectivity index (χ2v) is 5.28. The zero-order valence-corrected chi connectivity index (χ0v) is 12.7.